The molecule has 0 atom stereocenters. The van der Waals surface area contributed by atoms with Crippen molar-refractivity contribution in [1.29, 1.82) is 0 Å². The summed E-state index contributed by atoms with van der Waals surface area (Å²) in [5.74, 6) is 0. The first-order chi connectivity index (χ1) is 15.1. The summed E-state index contributed by atoms with van der Waals surface area (Å²) < 4.78 is 0. The predicted molar refractivity (Wildman–Crippen MR) is 129 cm³/mol. The zero-order valence-electron chi connectivity index (χ0n) is 18.8. The lowest BCUT2D eigenvalue weighted by molar-refractivity contribution is 0.112. The van der Waals surface area contributed by atoms with Crippen LogP contribution in [0.3, 0.4) is 0 Å². The molecule has 0 radical (unpaired) electrons. The number of rotatable bonds is 10. The van der Waals surface area contributed by atoms with E-state index in [1.165, 1.54) is 16.8 Å². The Labute approximate surface area is 185 Å². The lowest BCUT2D eigenvalue weighted by atomic mass is 9.95. The van der Waals surface area contributed by atoms with Gasteiger partial charge in [-0.05, 0) is 47.4 Å². The van der Waals surface area contributed by atoms with Crippen LogP contribution in [-0.4, -0.2) is 35.6 Å². The summed E-state index contributed by atoms with van der Waals surface area (Å²) in [6.45, 7) is 4.44. The molecule has 0 aliphatic heterocycles. The molecule has 0 unspecified atom stereocenters. The number of nitrogens with zero attached hydrogens (tertiary/aromatic N) is 3. The minimum Gasteiger partial charge on any atom is -0.363 e. The van der Waals surface area contributed by atoms with Crippen molar-refractivity contribution in [3.8, 4) is 0 Å². The molecule has 3 aromatic rings. The van der Waals surface area contributed by atoms with Crippen LogP contribution in [0.15, 0.2) is 47.6 Å². The lowest BCUT2D eigenvalue weighted by Crippen LogP contribution is -2.30. The van der Waals surface area contributed by atoms with Crippen molar-refractivity contribution in [3.63, 3.8) is 0 Å². The predicted octanol–water partition coefficient (Wildman–Crippen LogP) is 6.10. The van der Waals surface area contributed by atoms with Crippen LogP contribution in [0.4, 0.5) is 5.69 Å². The van der Waals surface area contributed by atoms with Gasteiger partial charge in [-0.2, -0.15) is 0 Å². The molecule has 1 aliphatic rings. The number of aliphatic imine (C=N–C) groups is 1. The maximum absolute atomic E-state index is 12.0. The topological polar surface area (TPSA) is 45.6 Å². The van der Waals surface area contributed by atoms with E-state index in [0.29, 0.717) is 11.6 Å². The van der Waals surface area contributed by atoms with Gasteiger partial charge >= 0.3 is 0 Å². The third-order valence-electron chi connectivity index (χ3n) is 6.19. The Bertz CT molecular complexity index is 1110. The smallest absolute Gasteiger partial charge is 0.152 e. The molecule has 0 saturated heterocycles. The molecule has 0 N–H and O–H groups in total. The Morgan fingerprint density at radius 2 is 1.87 bits per heavy atom. The fraction of sp³-hybridized carbons (Fsp3) is 0.370. The second-order valence-corrected chi connectivity index (χ2v) is 8.58. The largest absolute Gasteiger partial charge is 0.363 e. The van der Waals surface area contributed by atoms with E-state index in [4.69, 9.17) is 4.99 Å². The molecule has 4 rings (SSSR count). The van der Waals surface area contributed by atoms with Crippen molar-refractivity contribution in [2.45, 2.75) is 58.4 Å². The van der Waals surface area contributed by atoms with E-state index in [2.05, 4.69) is 55.0 Å². The van der Waals surface area contributed by atoms with Crippen LogP contribution in [0.2, 0.25) is 0 Å². The van der Waals surface area contributed by atoms with Gasteiger partial charge in [-0.3, -0.25) is 9.78 Å². The lowest BCUT2D eigenvalue weighted by Gasteiger charge is -2.25. The average molecular weight is 414 g/mol. The second-order valence-electron chi connectivity index (χ2n) is 8.58. The molecular weight excluding hydrogens is 382 g/mol. The molecule has 4 nitrogen and oxygen atoms in total. The first-order valence-electron chi connectivity index (χ1n) is 11.4. The summed E-state index contributed by atoms with van der Waals surface area (Å²) in [6, 6.07) is 13.0. The molecule has 160 valence electrons. The highest BCUT2D eigenvalue weighted by Gasteiger charge is 2.19. The van der Waals surface area contributed by atoms with Crippen molar-refractivity contribution in [3.05, 3.63) is 70.5 Å². The normalized spacial score (nSPS) is 12.5. The van der Waals surface area contributed by atoms with E-state index < -0.39 is 0 Å². The molecule has 1 heterocycles. The zero-order valence-corrected chi connectivity index (χ0v) is 18.8. The number of hydrogen-bond acceptors (Lipinski definition) is 3. The quantitative estimate of drug-likeness (QED) is 0.179. The molecule has 1 aliphatic carbocycles. The van der Waals surface area contributed by atoms with Gasteiger partial charge in [-0.1, -0.05) is 57.0 Å². The van der Waals surface area contributed by atoms with Crippen molar-refractivity contribution in [2.24, 2.45) is 4.99 Å². The number of carbonyl (C=O) groups is 1. The molecule has 0 saturated carbocycles. The van der Waals surface area contributed by atoms with Gasteiger partial charge in [-0.15, -0.1) is 0 Å². The summed E-state index contributed by atoms with van der Waals surface area (Å²) in [6.07, 6.45) is 11.2. The number of fused-ring (bicyclic) bond motifs is 2. The third kappa shape index (κ3) is 4.68. The van der Waals surface area contributed by atoms with Crippen molar-refractivity contribution < 1.29 is 4.79 Å². The van der Waals surface area contributed by atoms with Gasteiger partial charge in [-0.25, -0.2) is 4.99 Å². The Hall–Kier alpha value is -3.01. The van der Waals surface area contributed by atoms with E-state index in [1.807, 2.05) is 24.7 Å². The van der Waals surface area contributed by atoms with Crippen LogP contribution in [-0.2, 0) is 12.8 Å². The van der Waals surface area contributed by atoms with Crippen LogP contribution in [0.5, 0.6) is 0 Å². The van der Waals surface area contributed by atoms with Crippen molar-refractivity contribution in [2.75, 3.05) is 7.05 Å². The highest BCUT2D eigenvalue weighted by molar-refractivity contribution is 6.03. The van der Waals surface area contributed by atoms with E-state index >= 15 is 0 Å². The number of pyridine rings is 1. The Kier molecular flexibility index (Phi) is 6.45. The molecule has 2 aromatic carbocycles. The maximum atomic E-state index is 12.0. The SMILES string of the molecule is CCCC(CCC)N(C)C=Nc1c(C=O)cc(Cc2cnc3c(c2)C3)c2ccccc12. The fourth-order valence-corrected chi connectivity index (χ4v) is 4.44. The number of carbonyl (C=O) groups excluding carboxylic acids is 1. The highest BCUT2D eigenvalue weighted by atomic mass is 16.1. The monoisotopic (exact) mass is 413 g/mol. The first kappa shape index (κ1) is 21.2. The van der Waals surface area contributed by atoms with Gasteiger partial charge in [0, 0.05) is 42.4 Å². The number of aromatic nitrogens is 1. The van der Waals surface area contributed by atoms with Crippen LogP contribution in [0.25, 0.3) is 10.8 Å². The Morgan fingerprint density at radius 1 is 1.13 bits per heavy atom. The molecule has 31 heavy (non-hydrogen) atoms. The summed E-state index contributed by atoms with van der Waals surface area (Å²) in [5, 5.41) is 2.17. The van der Waals surface area contributed by atoms with Gasteiger partial charge in [0.15, 0.2) is 6.29 Å². The van der Waals surface area contributed by atoms with Gasteiger partial charge in [0.05, 0.1) is 12.0 Å². The maximum Gasteiger partial charge on any atom is 0.152 e. The fourth-order valence-electron chi connectivity index (χ4n) is 4.44. The second kappa shape index (κ2) is 9.42. The summed E-state index contributed by atoms with van der Waals surface area (Å²) in [5.41, 5.74) is 6.28. The van der Waals surface area contributed by atoms with Gasteiger partial charge < -0.3 is 4.90 Å². The number of aldehydes is 1. The molecule has 4 heteroatoms. The molecule has 1 aromatic heterocycles. The number of benzene rings is 2. The molecule has 0 amide bonds. The summed E-state index contributed by atoms with van der Waals surface area (Å²) in [4.78, 5) is 23.5. The number of hydrogen-bond donors (Lipinski definition) is 0. The van der Waals surface area contributed by atoms with Crippen molar-refractivity contribution >= 4 is 29.1 Å². The molecule has 0 fully saturated rings. The van der Waals surface area contributed by atoms with Gasteiger partial charge in [0.2, 0.25) is 0 Å². The van der Waals surface area contributed by atoms with E-state index in [1.54, 1.807) is 0 Å². The van der Waals surface area contributed by atoms with Crippen molar-refractivity contribution in [1.82, 2.24) is 9.88 Å². The van der Waals surface area contributed by atoms with E-state index in [9.17, 15) is 4.79 Å². The van der Waals surface area contributed by atoms with E-state index in [0.717, 1.165) is 66.8 Å². The standard InChI is InChI=1S/C27H31N3O/c1-4-8-23(9-5-2)30(3)18-29-27-22(17-31)14-20(24-10-6-7-11-25(24)27)12-19-13-21-15-26(21)28-16-19/h6-7,10-11,13-14,16-18,23H,4-5,8-9,12,15H2,1-3H3. The average Bonchev–Trinajstić information content (AvgIpc) is 3.56. The summed E-state index contributed by atoms with van der Waals surface area (Å²) >= 11 is 0. The zero-order chi connectivity index (χ0) is 21.8. The van der Waals surface area contributed by atoms with E-state index in [-0.39, 0.29) is 0 Å². The highest BCUT2D eigenvalue weighted by Crippen LogP contribution is 2.34. The van der Waals surface area contributed by atoms with Crippen LogP contribution >= 0.6 is 0 Å². The third-order valence-corrected chi connectivity index (χ3v) is 6.19. The minimum atomic E-state index is 0.475. The minimum absolute atomic E-state index is 0.475. The Morgan fingerprint density at radius 3 is 2.55 bits per heavy atom. The molecule has 0 bridgehead atoms. The molecule has 0 spiro atoms. The first-order valence-corrected chi connectivity index (χ1v) is 11.4. The van der Waals surface area contributed by atoms with Gasteiger partial charge in [0.25, 0.3) is 0 Å². The summed E-state index contributed by atoms with van der Waals surface area (Å²) in [7, 11) is 2.09. The molecular formula is C27H31N3O. The van der Waals surface area contributed by atoms with Crippen LogP contribution in [0, 0.1) is 0 Å². The van der Waals surface area contributed by atoms with Gasteiger partial charge in [0.1, 0.15) is 0 Å². The van der Waals surface area contributed by atoms with Crippen LogP contribution < -0.4 is 0 Å². The Balaban J connectivity index is 1.70. The van der Waals surface area contributed by atoms with Crippen LogP contribution in [0.1, 0.15) is 72.3 Å².